The molecule has 0 fully saturated rings. The number of pyridine rings is 1. The highest BCUT2D eigenvalue weighted by Crippen LogP contribution is 2.24. The van der Waals surface area contributed by atoms with Gasteiger partial charge in [0.25, 0.3) is 0 Å². The van der Waals surface area contributed by atoms with E-state index in [9.17, 15) is 4.79 Å². The zero-order valence-electron chi connectivity index (χ0n) is 9.30. The predicted molar refractivity (Wildman–Crippen MR) is 69.6 cm³/mol. The molecule has 0 aliphatic heterocycles. The van der Waals surface area contributed by atoms with Gasteiger partial charge in [0.1, 0.15) is 5.03 Å². The normalized spacial score (nSPS) is 10.6. The van der Waals surface area contributed by atoms with Crippen LogP contribution in [0.3, 0.4) is 0 Å². The Labute approximate surface area is 104 Å². The number of aliphatic hydroxyl groups excluding tert-OH is 1. The topological polar surface area (TPSA) is 50.2 Å². The van der Waals surface area contributed by atoms with Crippen molar-refractivity contribution < 1.29 is 9.90 Å². The number of hydrogen-bond acceptors (Lipinski definition) is 4. The van der Waals surface area contributed by atoms with Gasteiger partial charge in [-0.3, -0.25) is 4.79 Å². The third-order valence-corrected chi connectivity index (χ3v) is 3.48. The fourth-order valence-electron chi connectivity index (χ4n) is 1.55. The van der Waals surface area contributed by atoms with E-state index in [1.807, 2.05) is 30.3 Å². The molecule has 2 rings (SSSR count). The smallest absolute Gasteiger partial charge is 0.152 e. The van der Waals surface area contributed by atoms with Gasteiger partial charge in [0.15, 0.2) is 6.29 Å². The van der Waals surface area contributed by atoms with Crippen molar-refractivity contribution in [3.05, 3.63) is 35.9 Å². The van der Waals surface area contributed by atoms with Gasteiger partial charge < -0.3 is 5.11 Å². The highest BCUT2D eigenvalue weighted by Gasteiger charge is 2.06. The molecule has 0 saturated heterocycles. The van der Waals surface area contributed by atoms with Crippen molar-refractivity contribution in [2.24, 2.45) is 0 Å². The van der Waals surface area contributed by atoms with Crippen molar-refractivity contribution in [3.8, 4) is 0 Å². The summed E-state index contributed by atoms with van der Waals surface area (Å²) in [7, 11) is 0. The quantitative estimate of drug-likeness (QED) is 0.501. The summed E-state index contributed by atoms with van der Waals surface area (Å²) in [4.78, 5) is 15.5. The van der Waals surface area contributed by atoms with Gasteiger partial charge in [0.2, 0.25) is 0 Å². The first kappa shape index (κ1) is 12.1. The van der Waals surface area contributed by atoms with E-state index in [2.05, 4.69) is 4.98 Å². The van der Waals surface area contributed by atoms with Crippen molar-refractivity contribution in [1.82, 2.24) is 4.98 Å². The van der Waals surface area contributed by atoms with Crippen molar-refractivity contribution in [2.45, 2.75) is 11.4 Å². The molecule has 1 aromatic heterocycles. The Morgan fingerprint density at radius 1 is 1.35 bits per heavy atom. The minimum absolute atomic E-state index is 0.164. The number of para-hydroxylation sites is 1. The highest BCUT2D eigenvalue weighted by atomic mass is 32.2. The molecule has 0 unspecified atom stereocenters. The van der Waals surface area contributed by atoms with Crippen LogP contribution in [0.1, 0.15) is 16.8 Å². The number of nitrogens with zero attached hydrogens (tertiary/aromatic N) is 1. The zero-order valence-corrected chi connectivity index (χ0v) is 10.1. The molecule has 0 aliphatic carbocycles. The Morgan fingerprint density at radius 2 is 2.18 bits per heavy atom. The van der Waals surface area contributed by atoms with E-state index < -0.39 is 0 Å². The van der Waals surface area contributed by atoms with Crippen molar-refractivity contribution in [3.63, 3.8) is 0 Å². The van der Waals surface area contributed by atoms with Gasteiger partial charge in [0, 0.05) is 23.3 Å². The van der Waals surface area contributed by atoms with E-state index in [0.717, 1.165) is 28.0 Å². The lowest BCUT2D eigenvalue weighted by molar-refractivity contribution is 0.112. The fraction of sp³-hybridized carbons (Fsp3) is 0.231. The number of aromatic nitrogens is 1. The number of carbonyl (C=O) groups is 1. The second-order valence-electron chi connectivity index (χ2n) is 3.62. The van der Waals surface area contributed by atoms with Gasteiger partial charge in [-0.15, -0.1) is 11.8 Å². The van der Waals surface area contributed by atoms with E-state index in [-0.39, 0.29) is 6.61 Å². The summed E-state index contributed by atoms with van der Waals surface area (Å²) >= 11 is 1.51. The lowest BCUT2D eigenvalue weighted by Gasteiger charge is -2.05. The van der Waals surface area contributed by atoms with Gasteiger partial charge >= 0.3 is 0 Å². The van der Waals surface area contributed by atoms with E-state index in [4.69, 9.17) is 5.11 Å². The lowest BCUT2D eigenvalue weighted by Crippen LogP contribution is -1.93. The Kier molecular flexibility index (Phi) is 4.12. The molecule has 1 N–H and O–H groups in total. The van der Waals surface area contributed by atoms with Crippen LogP contribution in [0.2, 0.25) is 0 Å². The monoisotopic (exact) mass is 247 g/mol. The number of aldehydes is 1. The molecule has 0 saturated carbocycles. The Hall–Kier alpha value is -1.39. The van der Waals surface area contributed by atoms with Gasteiger partial charge in [-0.2, -0.15) is 0 Å². The SMILES string of the molecule is O=Cc1cc2ccccc2nc1SCCCO. The second kappa shape index (κ2) is 5.80. The van der Waals surface area contributed by atoms with Crippen LogP contribution in [0.25, 0.3) is 10.9 Å². The molecule has 0 radical (unpaired) electrons. The average molecular weight is 247 g/mol. The Bertz CT molecular complexity index is 528. The number of carbonyl (C=O) groups excluding carboxylic acids is 1. The van der Waals surface area contributed by atoms with Crippen LogP contribution in [0.5, 0.6) is 0 Å². The number of thioether (sulfide) groups is 1. The summed E-state index contributed by atoms with van der Waals surface area (Å²) < 4.78 is 0. The zero-order chi connectivity index (χ0) is 12.1. The number of benzene rings is 1. The molecule has 0 amide bonds. The molecular weight excluding hydrogens is 234 g/mol. The van der Waals surface area contributed by atoms with Crippen LogP contribution in [-0.2, 0) is 0 Å². The van der Waals surface area contributed by atoms with Crippen molar-refractivity contribution in [1.29, 1.82) is 0 Å². The number of hydrogen-bond donors (Lipinski definition) is 1. The number of rotatable bonds is 5. The molecule has 17 heavy (non-hydrogen) atoms. The average Bonchev–Trinajstić information content (AvgIpc) is 2.38. The molecule has 3 nitrogen and oxygen atoms in total. The van der Waals surface area contributed by atoms with E-state index in [0.29, 0.717) is 12.0 Å². The maximum Gasteiger partial charge on any atom is 0.152 e. The van der Waals surface area contributed by atoms with E-state index >= 15 is 0 Å². The summed E-state index contributed by atoms with van der Waals surface area (Å²) in [6.45, 7) is 0.164. The predicted octanol–water partition coefficient (Wildman–Crippen LogP) is 2.52. The summed E-state index contributed by atoms with van der Waals surface area (Å²) in [5, 5.41) is 10.5. The van der Waals surface area contributed by atoms with E-state index in [1.54, 1.807) is 0 Å². The summed E-state index contributed by atoms with van der Waals surface area (Å²) in [6, 6.07) is 9.59. The van der Waals surface area contributed by atoms with Gasteiger partial charge in [-0.05, 0) is 18.6 Å². The first-order chi connectivity index (χ1) is 8.35. The van der Waals surface area contributed by atoms with Crippen LogP contribution < -0.4 is 0 Å². The maximum atomic E-state index is 11.0. The van der Waals surface area contributed by atoms with Crippen LogP contribution >= 0.6 is 11.8 Å². The molecule has 2 aromatic rings. The fourth-order valence-corrected chi connectivity index (χ4v) is 2.45. The van der Waals surface area contributed by atoms with Crippen LogP contribution in [0, 0.1) is 0 Å². The van der Waals surface area contributed by atoms with Crippen LogP contribution in [-0.4, -0.2) is 28.7 Å². The van der Waals surface area contributed by atoms with Crippen LogP contribution in [0.4, 0.5) is 0 Å². The standard InChI is InChI=1S/C13H13NO2S/c15-6-3-7-17-13-11(9-16)8-10-4-1-2-5-12(10)14-13/h1-2,4-5,8-9,15H,3,6-7H2. The Morgan fingerprint density at radius 3 is 2.94 bits per heavy atom. The molecule has 88 valence electrons. The minimum atomic E-state index is 0.164. The van der Waals surface area contributed by atoms with Gasteiger partial charge in [-0.25, -0.2) is 4.98 Å². The largest absolute Gasteiger partial charge is 0.396 e. The third-order valence-electron chi connectivity index (χ3n) is 2.38. The van der Waals surface area contributed by atoms with Crippen molar-refractivity contribution >= 4 is 29.0 Å². The van der Waals surface area contributed by atoms with Gasteiger partial charge in [0.05, 0.1) is 5.52 Å². The molecular formula is C13H13NO2S. The molecule has 1 heterocycles. The summed E-state index contributed by atoms with van der Waals surface area (Å²) in [6.07, 6.45) is 1.54. The van der Waals surface area contributed by atoms with Gasteiger partial charge in [-0.1, -0.05) is 18.2 Å². The third kappa shape index (κ3) is 2.84. The van der Waals surface area contributed by atoms with Crippen molar-refractivity contribution in [2.75, 3.05) is 12.4 Å². The van der Waals surface area contributed by atoms with Crippen LogP contribution in [0.15, 0.2) is 35.4 Å². The molecule has 0 atom stereocenters. The highest BCUT2D eigenvalue weighted by molar-refractivity contribution is 7.99. The van der Waals surface area contributed by atoms with E-state index in [1.165, 1.54) is 11.8 Å². The first-order valence-electron chi connectivity index (χ1n) is 5.44. The lowest BCUT2D eigenvalue weighted by atomic mass is 10.2. The molecule has 0 aliphatic rings. The number of fused-ring (bicyclic) bond motifs is 1. The second-order valence-corrected chi connectivity index (χ2v) is 4.70. The first-order valence-corrected chi connectivity index (χ1v) is 6.42. The molecule has 4 heteroatoms. The molecule has 1 aromatic carbocycles. The Balaban J connectivity index is 2.35. The number of aliphatic hydroxyl groups is 1. The molecule has 0 spiro atoms. The summed E-state index contributed by atoms with van der Waals surface area (Å²) in [5.41, 5.74) is 1.51. The summed E-state index contributed by atoms with van der Waals surface area (Å²) in [5.74, 6) is 0.767. The maximum absolute atomic E-state index is 11.0. The molecule has 0 bridgehead atoms. The minimum Gasteiger partial charge on any atom is -0.396 e.